The zero-order valence-corrected chi connectivity index (χ0v) is 11.7. The third-order valence-electron chi connectivity index (χ3n) is 2.76. The fourth-order valence-electron chi connectivity index (χ4n) is 1.81. The lowest BCUT2D eigenvalue weighted by atomic mass is 10.2. The average molecular weight is 282 g/mol. The molecule has 2 rings (SSSR count). The van der Waals surface area contributed by atoms with Crippen LogP contribution < -0.4 is 9.47 Å². The van der Waals surface area contributed by atoms with Crippen LogP contribution in [-0.4, -0.2) is 35.1 Å². The fraction of sp³-hybridized carbons (Fsp3) is 0.385. The maximum atomic E-state index is 5.68. The highest BCUT2D eigenvalue weighted by Crippen LogP contribution is 2.24. The zero-order chi connectivity index (χ0) is 13.7. The van der Waals surface area contributed by atoms with E-state index in [0.717, 1.165) is 29.2 Å². The predicted molar refractivity (Wildman–Crippen MR) is 73.1 cm³/mol. The predicted octanol–water partition coefficient (Wildman–Crippen LogP) is 2.12. The molecule has 0 aliphatic rings. The Morgan fingerprint density at radius 2 is 2.11 bits per heavy atom. The number of halogens is 1. The van der Waals surface area contributed by atoms with E-state index in [9.17, 15) is 0 Å². The maximum absolute atomic E-state index is 5.68. The molecule has 1 heterocycles. The molecule has 0 unspecified atom stereocenters. The highest BCUT2D eigenvalue weighted by molar-refractivity contribution is 6.17. The Morgan fingerprint density at radius 3 is 2.79 bits per heavy atom. The number of alkyl halides is 1. The van der Waals surface area contributed by atoms with Crippen LogP contribution >= 0.6 is 11.6 Å². The van der Waals surface area contributed by atoms with Crippen molar-refractivity contribution in [2.45, 2.75) is 13.0 Å². The number of aromatic nitrogens is 3. The molecular formula is C13H16ClN3O2. The second-order valence-corrected chi connectivity index (χ2v) is 4.40. The molecule has 0 bridgehead atoms. The van der Waals surface area contributed by atoms with Gasteiger partial charge in [0.05, 0.1) is 26.5 Å². The number of nitrogens with zero attached hydrogens (tertiary/aromatic N) is 3. The van der Waals surface area contributed by atoms with E-state index in [1.807, 2.05) is 24.4 Å². The van der Waals surface area contributed by atoms with Crippen LogP contribution in [0.3, 0.4) is 0 Å². The summed E-state index contributed by atoms with van der Waals surface area (Å²) < 4.78 is 12.3. The van der Waals surface area contributed by atoms with Gasteiger partial charge in [-0.05, 0) is 18.2 Å². The molecule has 0 saturated carbocycles. The molecule has 0 spiro atoms. The summed E-state index contributed by atoms with van der Waals surface area (Å²) >= 11 is 5.68. The SMILES string of the molecule is COc1ccc(OC)c(Cn2cc(CCCl)nn2)c1. The van der Waals surface area contributed by atoms with Crippen molar-refractivity contribution < 1.29 is 9.47 Å². The topological polar surface area (TPSA) is 49.2 Å². The van der Waals surface area contributed by atoms with Crippen molar-refractivity contribution in [2.75, 3.05) is 20.1 Å². The Balaban J connectivity index is 2.20. The van der Waals surface area contributed by atoms with Gasteiger partial charge < -0.3 is 9.47 Å². The lowest BCUT2D eigenvalue weighted by Gasteiger charge is -2.10. The number of ether oxygens (including phenoxy) is 2. The summed E-state index contributed by atoms with van der Waals surface area (Å²) in [6.45, 7) is 0.579. The van der Waals surface area contributed by atoms with E-state index >= 15 is 0 Å². The third kappa shape index (κ3) is 3.38. The van der Waals surface area contributed by atoms with E-state index in [4.69, 9.17) is 21.1 Å². The molecule has 2 aromatic rings. The van der Waals surface area contributed by atoms with E-state index in [1.54, 1.807) is 18.9 Å². The van der Waals surface area contributed by atoms with Gasteiger partial charge >= 0.3 is 0 Å². The number of hydrogen-bond acceptors (Lipinski definition) is 4. The van der Waals surface area contributed by atoms with Crippen LogP contribution in [-0.2, 0) is 13.0 Å². The van der Waals surface area contributed by atoms with E-state index in [-0.39, 0.29) is 0 Å². The van der Waals surface area contributed by atoms with Crippen molar-refractivity contribution in [3.63, 3.8) is 0 Å². The molecule has 0 aliphatic carbocycles. The summed E-state index contributed by atoms with van der Waals surface area (Å²) in [4.78, 5) is 0. The molecule has 1 aromatic heterocycles. The number of benzene rings is 1. The number of hydrogen-bond donors (Lipinski definition) is 0. The molecule has 5 nitrogen and oxygen atoms in total. The Kier molecular flexibility index (Phi) is 4.63. The Morgan fingerprint density at radius 1 is 1.26 bits per heavy atom. The van der Waals surface area contributed by atoms with Crippen molar-refractivity contribution in [1.82, 2.24) is 15.0 Å². The molecule has 0 amide bonds. The molecule has 19 heavy (non-hydrogen) atoms. The van der Waals surface area contributed by atoms with E-state index in [1.165, 1.54) is 0 Å². The van der Waals surface area contributed by atoms with Crippen LogP contribution in [0.4, 0.5) is 0 Å². The molecular weight excluding hydrogens is 266 g/mol. The van der Waals surface area contributed by atoms with Crippen LogP contribution in [0.1, 0.15) is 11.3 Å². The second kappa shape index (κ2) is 6.43. The van der Waals surface area contributed by atoms with Gasteiger partial charge in [-0.2, -0.15) is 0 Å². The molecule has 102 valence electrons. The van der Waals surface area contributed by atoms with Gasteiger partial charge in [-0.3, -0.25) is 0 Å². The Bertz CT molecular complexity index is 542. The van der Waals surface area contributed by atoms with Crippen LogP contribution in [0.2, 0.25) is 0 Å². The minimum Gasteiger partial charge on any atom is -0.497 e. The first-order valence-electron chi connectivity index (χ1n) is 5.92. The number of aryl methyl sites for hydroxylation is 1. The van der Waals surface area contributed by atoms with Crippen molar-refractivity contribution in [2.24, 2.45) is 0 Å². The summed E-state index contributed by atoms with van der Waals surface area (Å²) in [5.41, 5.74) is 1.88. The van der Waals surface area contributed by atoms with Crippen LogP contribution in [0.25, 0.3) is 0 Å². The van der Waals surface area contributed by atoms with Crippen LogP contribution in [0.5, 0.6) is 11.5 Å². The number of rotatable bonds is 6. The van der Waals surface area contributed by atoms with Gasteiger partial charge in [-0.25, -0.2) is 4.68 Å². The van der Waals surface area contributed by atoms with Crippen molar-refractivity contribution in [1.29, 1.82) is 0 Å². The Hall–Kier alpha value is -1.75. The summed E-state index contributed by atoms with van der Waals surface area (Å²) in [6, 6.07) is 5.68. The van der Waals surface area contributed by atoms with E-state index in [2.05, 4.69) is 10.3 Å². The van der Waals surface area contributed by atoms with Gasteiger partial charge in [0.15, 0.2) is 0 Å². The molecule has 0 radical (unpaired) electrons. The molecule has 0 saturated heterocycles. The summed E-state index contributed by atoms with van der Waals surface area (Å²) in [7, 11) is 3.28. The van der Waals surface area contributed by atoms with Gasteiger partial charge in [-0.15, -0.1) is 16.7 Å². The van der Waals surface area contributed by atoms with Crippen molar-refractivity contribution >= 4 is 11.6 Å². The molecule has 0 fully saturated rings. The second-order valence-electron chi connectivity index (χ2n) is 4.02. The minimum atomic E-state index is 0.543. The first-order valence-corrected chi connectivity index (χ1v) is 6.46. The first-order chi connectivity index (χ1) is 9.26. The highest BCUT2D eigenvalue weighted by atomic mass is 35.5. The minimum absolute atomic E-state index is 0.543. The van der Waals surface area contributed by atoms with Gasteiger partial charge in [0, 0.05) is 24.1 Å². The van der Waals surface area contributed by atoms with Crippen molar-refractivity contribution in [3.05, 3.63) is 35.7 Å². The molecule has 1 aromatic carbocycles. The van der Waals surface area contributed by atoms with Crippen LogP contribution in [0, 0.1) is 0 Å². The largest absolute Gasteiger partial charge is 0.497 e. The summed E-state index contributed by atoms with van der Waals surface area (Å²) in [5.74, 6) is 2.13. The van der Waals surface area contributed by atoms with Gasteiger partial charge in [0.25, 0.3) is 0 Å². The van der Waals surface area contributed by atoms with Crippen LogP contribution in [0.15, 0.2) is 24.4 Å². The maximum Gasteiger partial charge on any atom is 0.124 e. The zero-order valence-electron chi connectivity index (χ0n) is 11.0. The monoisotopic (exact) mass is 281 g/mol. The summed E-state index contributed by atoms with van der Waals surface area (Å²) in [6.07, 6.45) is 2.61. The van der Waals surface area contributed by atoms with Gasteiger partial charge in [0.1, 0.15) is 11.5 Å². The fourth-order valence-corrected chi connectivity index (χ4v) is 2.00. The number of methoxy groups -OCH3 is 2. The standard InChI is InChI=1S/C13H16ClN3O2/c1-18-12-3-4-13(19-2)10(7-12)8-17-9-11(5-6-14)15-16-17/h3-4,7,9H,5-6,8H2,1-2H3. The third-order valence-corrected chi connectivity index (χ3v) is 2.95. The van der Waals surface area contributed by atoms with Gasteiger partial charge in [0.2, 0.25) is 0 Å². The highest BCUT2D eigenvalue weighted by Gasteiger charge is 2.07. The molecule has 0 aliphatic heterocycles. The first kappa shape index (κ1) is 13.7. The lowest BCUT2D eigenvalue weighted by Crippen LogP contribution is -2.03. The smallest absolute Gasteiger partial charge is 0.124 e. The lowest BCUT2D eigenvalue weighted by molar-refractivity contribution is 0.396. The van der Waals surface area contributed by atoms with Gasteiger partial charge in [-0.1, -0.05) is 5.21 Å². The normalized spacial score (nSPS) is 10.5. The summed E-state index contributed by atoms with van der Waals surface area (Å²) in [5, 5.41) is 8.13. The molecule has 0 atom stereocenters. The van der Waals surface area contributed by atoms with E-state index in [0.29, 0.717) is 12.4 Å². The molecule has 6 heteroatoms. The Labute approximate surface area is 117 Å². The quantitative estimate of drug-likeness (QED) is 0.761. The van der Waals surface area contributed by atoms with Crippen molar-refractivity contribution in [3.8, 4) is 11.5 Å². The van der Waals surface area contributed by atoms with E-state index < -0.39 is 0 Å². The average Bonchev–Trinajstić information content (AvgIpc) is 2.86. The molecule has 0 N–H and O–H groups in total.